The van der Waals surface area contributed by atoms with Crippen molar-refractivity contribution in [2.24, 2.45) is 5.92 Å². The Labute approximate surface area is 104 Å². The van der Waals surface area contributed by atoms with Crippen LogP contribution in [0.3, 0.4) is 0 Å². The molecule has 1 aliphatic carbocycles. The Bertz CT molecular complexity index is 248. The summed E-state index contributed by atoms with van der Waals surface area (Å²) in [7, 11) is 0. The molecule has 0 spiro atoms. The average molecular weight is 240 g/mol. The summed E-state index contributed by atoms with van der Waals surface area (Å²) in [6, 6.07) is 0. The number of hydrazine groups is 1. The van der Waals surface area contributed by atoms with Crippen LogP contribution in [0.5, 0.6) is 0 Å². The summed E-state index contributed by atoms with van der Waals surface area (Å²) in [6.45, 7) is 2.10. The molecule has 0 heterocycles. The largest absolute Gasteiger partial charge is 0.273 e. The van der Waals surface area contributed by atoms with Gasteiger partial charge in [0.2, 0.25) is 11.8 Å². The Kier molecular flexibility index (Phi) is 6.67. The second-order valence-corrected chi connectivity index (χ2v) is 4.91. The van der Waals surface area contributed by atoms with E-state index in [9.17, 15) is 9.59 Å². The van der Waals surface area contributed by atoms with E-state index in [1.165, 1.54) is 12.8 Å². The van der Waals surface area contributed by atoms with Gasteiger partial charge in [-0.1, -0.05) is 32.6 Å². The van der Waals surface area contributed by atoms with E-state index in [1.54, 1.807) is 0 Å². The van der Waals surface area contributed by atoms with Crippen LogP contribution in [0.25, 0.3) is 0 Å². The molecule has 17 heavy (non-hydrogen) atoms. The summed E-state index contributed by atoms with van der Waals surface area (Å²) in [5, 5.41) is 0. The highest BCUT2D eigenvalue weighted by molar-refractivity contribution is 5.81. The normalized spacial score (nSPS) is 15.8. The second kappa shape index (κ2) is 8.09. The van der Waals surface area contributed by atoms with Gasteiger partial charge >= 0.3 is 0 Å². The molecule has 1 aliphatic rings. The zero-order valence-corrected chi connectivity index (χ0v) is 10.8. The maximum Gasteiger partial charge on any atom is 0.238 e. The molecule has 0 atom stereocenters. The van der Waals surface area contributed by atoms with Gasteiger partial charge in [-0.05, 0) is 25.2 Å². The minimum absolute atomic E-state index is 0.0549. The fraction of sp³-hybridized carbons (Fsp3) is 0.846. The standard InChI is InChI=1S/C13H24N2O2/c1-2-3-4-9-12(16)14-15-13(17)10-11-7-5-6-8-11/h11H,2-10H2,1H3,(H,14,16)(H,15,17). The molecule has 0 bridgehead atoms. The van der Waals surface area contributed by atoms with Gasteiger partial charge in [-0.3, -0.25) is 20.4 Å². The zero-order chi connectivity index (χ0) is 12.5. The number of hydrogen-bond donors (Lipinski definition) is 2. The summed E-state index contributed by atoms with van der Waals surface area (Å²) in [6.07, 6.45) is 8.87. The van der Waals surface area contributed by atoms with Crippen LogP contribution >= 0.6 is 0 Å². The Morgan fingerprint density at radius 2 is 1.71 bits per heavy atom. The Balaban J connectivity index is 2.04. The van der Waals surface area contributed by atoms with Crippen molar-refractivity contribution in [3.63, 3.8) is 0 Å². The molecule has 2 N–H and O–H groups in total. The molecule has 0 aliphatic heterocycles. The molecular formula is C13H24N2O2. The van der Waals surface area contributed by atoms with Crippen LogP contribution in [0.2, 0.25) is 0 Å². The highest BCUT2D eigenvalue weighted by Gasteiger charge is 2.18. The minimum atomic E-state index is -0.0850. The third-order valence-corrected chi connectivity index (χ3v) is 3.30. The molecule has 0 aromatic carbocycles. The maximum atomic E-state index is 11.5. The van der Waals surface area contributed by atoms with Crippen molar-refractivity contribution in [2.75, 3.05) is 0 Å². The topological polar surface area (TPSA) is 58.2 Å². The summed E-state index contributed by atoms with van der Waals surface area (Å²) < 4.78 is 0. The molecule has 4 heteroatoms. The maximum absolute atomic E-state index is 11.5. The van der Waals surface area contributed by atoms with Crippen LogP contribution in [-0.2, 0) is 9.59 Å². The Hall–Kier alpha value is -1.06. The highest BCUT2D eigenvalue weighted by atomic mass is 16.2. The van der Waals surface area contributed by atoms with Crippen molar-refractivity contribution in [2.45, 2.75) is 64.7 Å². The molecule has 1 fully saturated rings. The molecule has 98 valence electrons. The first-order chi connectivity index (χ1) is 8.22. The fourth-order valence-electron chi connectivity index (χ4n) is 2.27. The van der Waals surface area contributed by atoms with Gasteiger partial charge in [0.1, 0.15) is 0 Å². The number of carbonyl (C=O) groups is 2. The van der Waals surface area contributed by atoms with Gasteiger partial charge in [0.25, 0.3) is 0 Å². The van der Waals surface area contributed by atoms with E-state index < -0.39 is 0 Å². The van der Waals surface area contributed by atoms with Crippen molar-refractivity contribution in [3.8, 4) is 0 Å². The first-order valence-corrected chi connectivity index (χ1v) is 6.80. The van der Waals surface area contributed by atoms with Crippen molar-refractivity contribution in [1.29, 1.82) is 0 Å². The molecule has 0 radical (unpaired) electrons. The van der Waals surface area contributed by atoms with Gasteiger partial charge in [0.05, 0.1) is 0 Å². The molecular weight excluding hydrogens is 216 g/mol. The monoisotopic (exact) mass is 240 g/mol. The number of hydrogen-bond acceptors (Lipinski definition) is 2. The molecule has 0 aromatic heterocycles. The van der Waals surface area contributed by atoms with Crippen molar-refractivity contribution in [1.82, 2.24) is 10.9 Å². The lowest BCUT2D eigenvalue weighted by molar-refractivity contribution is -0.129. The van der Waals surface area contributed by atoms with Gasteiger partial charge in [-0.25, -0.2) is 0 Å². The predicted molar refractivity (Wildman–Crippen MR) is 67.0 cm³/mol. The molecule has 1 rings (SSSR count). The first kappa shape index (κ1) is 14.0. The van der Waals surface area contributed by atoms with Crippen molar-refractivity contribution in [3.05, 3.63) is 0 Å². The lowest BCUT2D eigenvalue weighted by atomic mass is 10.0. The van der Waals surface area contributed by atoms with E-state index in [4.69, 9.17) is 0 Å². The van der Waals surface area contributed by atoms with E-state index >= 15 is 0 Å². The number of unbranched alkanes of at least 4 members (excludes halogenated alkanes) is 2. The molecule has 0 saturated heterocycles. The van der Waals surface area contributed by atoms with Crippen LogP contribution in [0.15, 0.2) is 0 Å². The molecule has 0 unspecified atom stereocenters. The molecule has 0 aromatic rings. The average Bonchev–Trinajstić information content (AvgIpc) is 2.79. The van der Waals surface area contributed by atoms with Crippen molar-refractivity contribution >= 4 is 11.8 Å². The van der Waals surface area contributed by atoms with Crippen LogP contribution in [0.4, 0.5) is 0 Å². The quantitative estimate of drug-likeness (QED) is 0.553. The first-order valence-electron chi connectivity index (χ1n) is 6.80. The lowest BCUT2D eigenvalue weighted by Gasteiger charge is -2.10. The van der Waals surface area contributed by atoms with Gasteiger partial charge in [0.15, 0.2) is 0 Å². The SMILES string of the molecule is CCCCCC(=O)NNC(=O)CC1CCCC1. The Morgan fingerprint density at radius 1 is 1.06 bits per heavy atom. The van der Waals surface area contributed by atoms with Gasteiger partial charge in [-0.15, -0.1) is 0 Å². The third-order valence-electron chi connectivity index (χ3n) is 3.30. The van der Waals surface area contributed by atoms with E-state index in [1.807, 2.05) is 0 Å². The number of nitrogens with one attached hydrogen (secondary N) is 2. The smallest absolute Gasteiger partial charge is 0.238 e. The summed E-state index contributed by atoms with van der Waals surface area (Å²) in [4.78, 5) is 22.8. The van der Waals surface area contributed by atoms with E-state index in [0.29, 0.717) is 18.8 Å². The number of carbonyl (C=O) groups excluding carboxylic acids is 2. The number of rotatable bonds is 6. The lowest BCUT2D eigenvalue weighted by Crippen LogP contribution is -2.42. The van der Waals surface area contributed by atoms with Crippen LogP contribution in [0, 0.1) is 5.92 Å². The molecule has 4 nitrogen and oxygen atoms in total. The summed E-state index contributed by atoms with van der Waals surface area (Å²) >= 11 is 0. The summed E-state index contributed by atoms with van der Waals surface area (Å²) in [5.74, 6) is 0.381. The van der Waals surface area contributed by atoms with Crippen LogP contribution in [-0.4, -0.2) is 11.8 Å². The van der Waals surface area contributed by atoms with E-state index in [2.05, 4.69) is 17.8 Å². The summed E-state index contributed by atoms with van der Waals surface area (Å²) in [5.41, 5.74) is 4.97. The van der Waals surface area contributed by atoms with Gasteiger partial charge in [0, 0.05) is 12.8 Å². The van der Waals surface area contributed by atoms with E-state index in [-0.39, 0.29) is 11.8 Å². The Morgan fingerprint density at radius 3 is 2.35 bits per heavy atom. The number of amides is 2. The van der Waals surface area contributed by atoms with Gasteiger partial charge < -0.3 is 0 Å². The predicted octanol–water partition coefficient (Wildman–Crippen LogP) is 2.29. The van der Waals surface area contributed by atoms with Crippen LogP contribution in [0.1, 0.15) is 64.7 Å². The highest BCUT2D eigenvalue weighted by Crippen LogP contribution is 2.27. The zero-order valence-electron chi connectivity index (χ0n) is 10.8. The molecule has 2 amide bonds. The third kappa shape index (κ3) is 6.29. The fourth-order valence-corrected chi connectivity index (χ4v) is 2.27. The second-order valence-electron chi connectivity index (χ2n) is 4.91. The van der Waals surface area contributed by atoms with E-state index in [0.717, 1.165) is 32.1 Å². The van der Waals surface area contributed by atoms with Crippen molar-refractivity contribution < 1.29 is 9.59 Å². The van der Waals surface area contributed by atoms with Gasteiger partial charge in [-0.2, -0.15) is 0 Å². The van der Waals surface area contributed by atoms with Crippen LogP contribution < -0.4 is 10.9 Å². The minimum Gasteiger partial charge on any atom is -0.273 e. The molecule has 1 saturated carbocycles.